The van der Waals surface area contributed by atoms with Gasteiger partial charge in [0.2, 0.25) is 5.89 Å². The summed E-state index contributed by atoms with van der Waals surface area (Å²) in [7, 11) is 1.32. The van der Waals surface area contributed by atoms with Gasteiger partial charge in [-0.3, -0.25) is 4.79 Å². The highest BCUT2D eigenvalue weighted by atomic mass is 19.4. The van der Waals surface area contributed by atoms with Gasteiger partial charge >= 0.3 is 6.18 Å². The average molecular weight is 486 g/mol. The van der Waals surface area contributed by atoms with Crippen LogP contribution in [-0.4, -0.2) is 28.1 Å². The van der Waals surface area contributed by atoms with Crippen molar-refractivity contribution in [1.82, 2.24) is 15.3 Å². The van der Waals surface area contributed by atoms with Gasteiger partial charge in [-0.15, -0.1) is 0 Å². The number of oxazole rings is 1. The van der Waals surface area contributed by atoms with Crippen LogP contribution in [0.15, 0.2) is 52.9 Å². The number of aromatic hydroxyl groups is 1. The third-order valence-corrected chi connectivity index (χ3v) is 5.27. The van der Waals surface area contributed by atoms with Crippen molar-refractivity contribution in [3.63, 3.8) is 0 Å². The van der Waals surface area contributed by atoms with Crippen LogP contribution in [0.2, 0.25) is 0 Å². The number of benzene rings is 2. The molecule has 0 saturated heterocycles. The van der Waals surface area contributed by atoms with E-state index in [0.717, 1.165) is 6.07 Å². The zero-order valence-electron chi connectivity index (χ0n) is 18.7. The first-order chi connectivity index (χ1) is 16.6. The predicted molar refractivity (Wildman–Crippen MR) is 121 cm³/mol. The SMILES string of the molecule is COc1ccc(-c2nc(C(=O)NCc3ccccc3O)c([C@H](C)N)o2)c2ccc(C(F)(F)F)nc12. The number of methoxy groups -OCH3 is 1. The molecule has 0 aliphatic heterocycles. The Bertz CT molecular complexity index is 1400. The maximum absolute atomic E-state index is 13.2. The standard InChI is InChI=1S/C24H21F3N4O4/c1-12(28)21-20(22(33)29-11-13-5-3-4-6-16(13)32)31-23(35-21)15-7-9-17(34-2)19-14(15)8-10-18(30-19)24(25,26)27/h3-10,12,32H,11,28H2,1-2H3,(H,29,33)/t12-/m0/s1. The van der Waals surface area contributed by atoms with E-state index in [4.69, 9.17) is 14.9 Å². The average Bonchev–Trinajstić information content (AvgIpc) is 3.27. The Morgan fingerprint density at radius 2 is 1.91 bits per heavy atom. The number of fused-ring (bicyclic) bond motifs is 1. The van der Waals surface area contributed by atoms with Gasteiger partial charge in [-0.05, 0) is 37.3 Å². The van der Waals surface area contributed by atoms with Crippen molar-refractivity contribution in [2.24, 2.45) is 5.73 Å². The molecule has 8 nitrogen and oxygen atoms in total. The van der Waals surface area contributed by atoms with Crippen LogP contribution in [0.25, 0.3) is 22.4 Å². The van der Waals surface area contributed by atoms with Crippen molar-refractivity contribution in [1.29, 1.82) is 0 Å². The van der Waals surface area contributed by atoms with Crippen LogP contribution in [0, 0.1) is 0 Å². The summed E-state index contributed by atoms with van der Waals surface area (Å²) in [6.07, 6.45) is -4.64. The molecule has 1 atom stereocenters. The molecule has 35 heavy (non-hydrogen) atoms. The van der Waals surface area contributed by atoms with Crippen LogP contribution in [0.3, 0.4) is 0 Å². The van der Waals surface area contributed by atoms with E-state index in [-0.39, 0.29) is 46.3 Å². The van der Waals surface area contributed by atoms with E-state index in [2.05, 4.69) is 15.3 Å². The Morgan fingerprint density at radius 3 is 2.57 bits per heavy atom. The van der Waals surface area contributed by atoms with Gasteiger partial charge in [0.25, 0.3) is 5.91 Å². The number of para-hydroxylation sites is 1. The first-order valence-corrected chi connectivity index (χ1v) is 10.5. The fraction of sp³-hybridized carbons (Fsp3) is 0.208. The molecule has 4 aromatic rings. The third-order valence-electron chi connectivity index (χ3n) is 5.27. The van der Waals surface area contributed by atoms with Gasteiger partial charge in [-0.2, -0.15) is 13.2 Å². The van der Waals surface area contributed by atoms with E-state index < -0.39 is 23.8 Å². The normalized spacial score (nSPS) is 12.5. The summed E-state index contributed by atoms with van der Waals surface area (Å²) < 4.78 is 50.7. The van der Waals surface area contributed by atoms with Crippen molar-refractivity contribution in [3.8, 4) is 23.0 Å². The summed E-state index contributed by atoms with van der Waals surface area (Å²) in [6, 6.07) is 10.9. The summed E-state index contributed by atoms with van der Waals surface area (Å²) in [4.78, 5) is 20.9. The van der Waals surface area contributed by atoms with Gasteiger partial charge in [0.05, 0.1) is 13.2 Å². The molecule has 0 radical (unpaired) electrons. The lowest BCUT2D eigenvalue weighted by atomic mass is 10.1. The number of nitrogens with one attached hydrogen (secondary N) is 1. The summed E-state index contributed by atoms with van der Waals surface area (Å²) >= 11 is 0. The molecule has 182 valence electrons. The van der Waals surface area contributed by atoms with Gasteiger partial charge in [-0.25, -0.2) is 9.97 Å². The number of phenols is 1. The first-order valence-electron chi connectivity index (χ1n) is 10.5. The Kier molecular flexibility index (Phi) is 6.35. The van der Waals surface area contributed by atoms with Gasteiger partial charge < -0.3 is 25.3 Å². The molecule has 0 fully saturated rings. The van der Waals surface area contributed by atoms with Crippen molar-refractivity contribution >= 4 is 16.8 Å². The lowest BCUT2D eigenvalue weighted by Crippen LogP contribution is -2.25. The second-order valence-corrected chi connectivity index (χ2v) is 7.74. The largest absolute Gasteiger partial charge is 0.508 e. The zero-order valence-corrected chi connectivity index (χ0v) is 18.7. The Balaban J connectivity index is 1.75. The van der Waals surface area contributed by atoms with Crippen LogP contribution >= 0.6 is 0 Å². The molecule has 4 N–H and O–H groups in total. The topological polar surface area (TPSA) is 124 Å². The van der Waals surface area contributed by atoms with Crippen LogP contribution in [-0.2, 0) is 12.7 Å². The molecule has 0 aliphatic rings. The predicted octanol–water partition coefficient (Wildman–Crippen LogP) is 4.57. The fourth-order valence-electron chi connectivity index (χ4n) is 3.54. The number of hydrogen-bond donors (Lipinski definition) is 3. The maximum Gasteiger partial charge on any atom is 0.433 e. The van der Waals surface area contributed by atoms with Crippen LogP contribution < -0.4 is 15.8 Å². The van der Waals surface area contributed by atoms with Gasteiger partial charge in [0, 0.05) is 23.1 Å². The van der Waals surface area contributed by atoms with Crippen molar-refractivity contribution in [3.05, 3.63) is 71.2 Å². The fourth-order valence-corrected chi connectivity index (χ4v) is 3.54. The highest BCUT2D eigenvalue weighted by Gasteiger charge is 2.33. The van der Waals surface area contributed by atoms with E-state index in [9.17, 15) is 23.1 Å². The number of aromatic nitrogens is 2. The molecule has 0 aliphatic carbocycles. The van der Waals surface area contributed by atoms with Gasteiger partial charge in [-0.1, -0.05) is 18.2 Å². The lowest BCUT2D eigenvalue weighted by molar-refractivity contribution is -0.140. The van der Waals surface area contributed by atoms with Crippen molar-refractivity contribution in [2.75, 3.05) is 7.11 Å². The molecule has 11 heteroatoms. The monoisotopic (exact) mass is 486 g/mol. The Labute approximate surface area is 197 Å². The molecule has 2 aromatic heterocycles. The quantitative estimate of drug-likeness (QED) is 0.365. The molecule has 0 saturated carbocycles. The molecular formula is C24H21F3N4O4. The second-order valence-electron chi connectivity index (χ2n) is 7.74. The highest BCUT2D eigenvalue weighted by Crippen LogP contribution is 2.37. The molecule has 4 rings (SSSR count). The Hall–Kier alpha value is -4.12. The minimum Gasteiger partial charge on any atom is -0.508 e. The number of phenolic OH excluding ortho intramolecular Hbond substituents is 1. The highest BCUT2D eigenvalue weighted by molar-refractivity contribution is 5.98. The number of carbonyl (C=O) groups excluding carboxylic acids is 1. The number of nitrogens with two attached hydrogens (primary N) is 1. The molecule has 1 amide bonds. The Morgan fingerprint density at radius 1 is 1.17 bits per heavy atom. The van der Waals surface area contributed by atoms with E-state index in [1.165, 1.54) is 25.3 Å². The number of pyridine rings is 1. The summed E-state index contributed by atoms with van der Waals surface area (Å²) in [5, 5.41) is 12.9. The number of alkyl halides is 3. The second kappa shape index (κ2) is 9.26. The van der Waals surface area contributed by atoms with E-state index in [0.29, 0.717) is 11.1 Å². The molecule has 2 heterocycles. The molecule has 0 unspecified atom stereocenters. The van der Waals surface area contributed by atoms with Gasteiger partial charge in [0.15, 0.2) is 11.5 Å². The number of carbonyl (C=O) groups is 1. The molecule has 0 spiro atoms. The van der Waals surface area contributed by atoms with Crippen molar-refractivity contribution in [2.45, 2.75) is 25.7 Å². The van der Waals surface area contributed by atoms with Crippen LogP contribution in [0.5, 0.6) is 11.5 Å². The number of ether oxygens (including phenoxy) is 1. The third kappa shape index (κ3) is 4.76. The van der Waals surface area contributed by atoms with Gasteiger partial charge in [0.1, 0.15) is 22.7 Å². The minimum atomic E-state index is -4.64. The zero-order chi connectivity index (χ0) is 25.3. The van der Waals surface area contributed by atoms with E-state index in [1.54, 1.807) is 31.2 Å². The number of rotatable bonds is 6. The summed E-state index contributed by atoms with van der Waals surface area (Å²) in [5.74, 6) is -0.352. The number of nitrogens with zero attached hydrogens (tertiary/aromatic N) is 2. The van der Waals surface area contributed by atoms with E-state index in [1.807, 2.05) is 0 Å². The smallest absolute Gasteiger partial charge is 0.433 e. The summed E-state index contributed by atoms with van der Waals surface area (Å²) in [6.45, 7) is 1.63. The molecular weight excluding hydrogens is 465 g/mol. The maximum atomic E-state index is 13.2. The van der Waals surface area contributed by atoms with Crippen LogP contribution in [0.1, 0.15) is 40.5 Å². The van der Waals surface area contributed by atoms with E-state index >= 15 is 0 Å². The number of halogens is 3. The summed E-state index contributed by atoms with van der Waals surface area (Å²) in [5.41, 5.74) is 5.61. The van der Waals surface area contributed by atoms with Crippen molar-refractivity contribution < 1.29 is 32.2 Å². The van der Waals surface area contributed by atoms with Crippen LogP contribution in [0.4, 0.5) is 13.2 Å². The molecule has 2 aromatic carbocycles. The first kappa shape index (κ1) is 24.0. The lowest BCUT2D eigenvalue weighted by Gasteiger charge is -2.11. The number of amides is 1. The minimum absolute atomic E-state index is 0.0146. The molecule has 0 bridgehead atoms. The number of hydrogen-bond acceptors (Lipinski definition) is 7.